The number of aryl methyl sites for hydroxylation is 1. The largest absolute Gasteiger partial charge is 0.468 e. The number of urea groups is 1. The first-order valence-electron chi connectivity index (χ1n) is 12.2. The number of nitrogens with one attached hydrogen (secondary N) is 3. The van der Waals surface area contributed by atoms with Gasteiger partial charge >= 0.3 is 12.0 Å². The van der Waals surface area contributed by atoms with E-state index in [0.29, 0.717) is 16.8 Å². The lowest BCUT2D eigenvalue weighted by atomic mass is 9.99. The highest BCUT2D eigenvalue weighted by molar-refractivity contribution is 6.39. The van der Waals surface area contributed by atoms with Gasteiger partial charge in [0.15, 0.2) is 0 Å². The topological polar surface area (TPSA) is 144 Å². The highest BCUT2D eigenvalue weighted by atomic mass is 35.5. The van der Waals surface area contributed by atoms with Crippen molar-refractivity contribution in [1.29, 1.82) is 0 Å². The van der Waals surface area contributed by atoms with E-state index in [1.807, 2.05) is 30.3 Å². The Morgan fingerprint density at radius 2 is 1.59 bits per heavy atom. The second kappa shape index (κ2) is 13.1. The van der Waals surface area contributed by atoms with Crippen LogP contribution in [-0.4, -0.2) is 46.3 Å². The van der Waals surface area contributed by atoms with Gasteiger partial charge in [0.05, 0.1) is 28.5 Å². The fourth-order valence-corrected chi connectivity index (χ4v) is 4.27. The Balaban J connectivity index is 1.62. The van der Waals surface area contributed by atoms with Crippen molar-refractivity contribution in [1.82, 2.24) is 20.1 Å². The van der Waals surface area contributed by atoms with Gasteiger partial charge in [-0.2, -0.15) is 5.10 Å². The van der Waals surface area contributed by atoms with Crippen LogP contribution in [0.2, 0.25) is 10.0 Å². The normalized spacial score (nSPS) is 10.5. The number of ether oxygens (including phenoxy) is 1. The Labute approximate surface area is 244 Å². The van der Waals surface area contributed by atoms with Crippen LogP contribution in [0.3, 0.4) is 0 Å². The molecule has 2 aromatic heterocycles. The average molecular weight is 595 g/mol. The summed E-state index contributed by atoms with van der Waals surface area (Å²) in [6, 6.07) is 15.0. The minimum atomic E-state index is -0.729. The molecule has 0 aliphatic carbocycles. The molecule has 0 aliphatic heterocycles. The Kier molecular flexibility index (Phi) is 9.33. The molecular formula is C28H24Cl2N6O5. The molecule has 0 fully saturated rings. The summed E-state index contributed by atoms with van der Waals surface area (Å²) in [6.07, 6.45) is 2.66. The summed E-state index contributed by atoms with van der Waals surface area (Å²) in [7, 11) is 1.24. The minimum absolute atomic E-state index is 0.00896. The highest BCUT2D eigenvalue weighted by Gasteiger charge is 2.16. The molecular weight excluding hydrogens is 571 g/mol. The molecule has 2 aromatic carbocycles. The molecule has 4 rings (SSSR count). The van der Waals surface area contributed by atoms with E-state index in [4.69, 9.17) is 23.2 Å². The van der Waals surface area contributed by atoms with Crippen molar-refractivity contribution in [3.05, 3.63) is 93.0 Å². The van der Waals surface area contributed by atoms with Crippen LogP contribution in [0.1, 0.15) is 17.3 Å². The monoisotopic (exact) mass is 594 g/mol. The Hall–Kier alpha value is -4.74. The van der Waals surface area contributed by atoms with Crippen LogP contribution in [0.15, 0.2) is 71.8 Å². The van der Waals surface area contributed by atoms with Crippen molar-refractivity contribution in [3.8, 4) is 22.4 Å². The van der Waals surface area contributed by atoms with E-state index in [1.54, 1.807) is 25.1 Å². The number of anilines is 2. The van der Waals surface area contributed by atoms with E-state index in [-0.39, 0.29) is 34.5 Å². The third-order valence-electron chi connectivity index (χ3n) is 5.85. The summed E-state index contributed by atoms with van der Waals surface area (Å²) in [5, 5.41) is 12.3. The van der Waals surface area contributed by atoms with Gasteiger partial charge in [-0.15, -0.1) is 0 Å². The van der Waals surface area contributed by atoms with Gasteiger partial charge in [-0.3, -0.25) is 19.4 Å². The third-order valence-corrected chi connectivity index (χ3v) is 6.42. The Morgan fingerprint density at radius 1 is 0.927 bits per heavy atom. The van der Waals surface area contributed by atoms with Crippen LogP contribution < -0.4 is 21.5 Å². The molecule has 0 bridgehead atoms. The zero-order valence-corrected chi connectivity index (χ0v) is 23.4. The van der Waals surface area contributed by atoms with E-state index in [2.05, 4.69) is 30.8 Å². The van der Waals surface area contributed by atoms with Gasteiger partial charge in [-0.1, -0.05) is 53.5 Å². The lowest BCUT2D eigenvalue weighted by Crippen LogP contribution is -2.30. The van der Waals surface area contributed by atoms with E-state index in [1.165, 1.54) is 30.3 Å². The number of carbonyl (C=O) groups excluding carboxylic acids is 3. The van der Waals surface area contributed by atoms with Crippen molar-refractivity contribution in [2.75, 3.05) is 24.3 Å². The van der Waals surface area contributed by atoms with Crippen LogP contribution in [-0.2, 0) is 16.1 Å². The number of esters is 1. The predicted octanol–water partition coefficient (Wildman–Crippen LogP) is 4.85. The number of carbonyl (C=O) groups is 3. The number of methoxy groups -OCH3 is 1. The first kappa shape index (κ1) is 29.2. The molecule has 0 atom stereocenters. The molecule has 41 heavy (non-hydrogen) atoms. The van der Waals surface area contributed by atoms with Crippen LogP contribution in [0.4, 0.5) is 16.2 Å². The fourth-order valence-electron chi connectivity index (χ4n) is 3.81. The molecule has 0 unspecified atom stereocenters. The van der Waals surface area contributed by atoms with Crippen molar-refractivity contribution >= 4 is 52.5 Å². The van der Waals surface area contributed by atoms with Gasteiger partial charge < -0.3 is 20.7 Å². The standard InChI is InChI=1S/C28H24Cl2N6O5/c1-3-36-27(39)23(33-28(40)34-25-20(29)13-31-14-21(25)30)12-22(35-36)18-8-4-6-16(10-18)17-7-5-9-19(11-17)26(38)32-15-24(37)41-2/h4-14H,3,15H2,1-2H3,(H,32,38)(H2,31,33,34,40). The third kappa shape index (κ3) is 7.07. The molecule has 13 heteroatoms. The van der Waals surface area contributed by atoms with Gasteiger partial charge in [-0.25, -0.2) is 9.48 Å². The number of amides is 3. The molecule has 0 saturated carbocycles. The summed E-state index contributed by atoms with van der Waals surface area (Å²) in [5.74, 6) is -0.979. The van der Waals surface area contributed by atoms with Crippen LogP contribution in [0.25, 0.3) is 22.4 Å². The van der Waals surface area contributed by atoms with Gasteiger partial charge in [0.1, 0.15) is 12.2 Å². The molecule has 210 valence electrons. The van der Waals surface area contributed by atoms with E-state index < -0.39 is 23.5 Å². The zero-order valence-electron chi connectivity index (χ0n) is 21.9. The number of pyridine rings is 1. The molecule has 3 N–H and O–H groups in total. The maximum Gasteiger partial charge on any atom is 0.325 e. The van der Waals surface area contributed by atoms with E-state index in [9.17, 15) is 19.2 Å². The van der Waals surface area contributed by atoms with E-state index in [0.717, 1.165) is 11.1 Å². The smallest absolute Gasteiger partial charge is 0.325 e. The van der Waals surface area contributed by atoms with Crippen molar-refractivity contribution in [2.45, 2.75) is 13.5 Å². The van der Waals surface area contributed by atoms with Gasteiger partial charge in [0.25, 0.3) is 11.5 Å². The lowest BCUT2D eigenvalue weighted by Gasteiger charge is -2.13. The maximum atomic E-state index is 12.9. The summed E-state index contributed by atoms with van der Waals surface area (Å²) in [4.78, 5) is 53.4. The average Bonchev–Trinajstić information content (AvgIpc) is 2.98. The predicted molar refractivity (Wildman–Crippen MR) is 156 cm³/mol. The molecule has 11 nitrogen and oxygen atoms in total. The van der Waals surface area contributed by atoms with Crippen LogP contribution >= 0.6 is 23.2 Å². The molecule has 3 amide bonds. The number of benzene rings is 2. The Bertz CT molecular complexity index is 1670. The first-order chi connectivity index (χ1) is 19.7. The minimum Gasteiger partial charge on any atom is -0.468 e. The summed E-state index contributed by atoms with van der Waals surface area (Å²) >= 11 is 12.2. The second-order valence-electron chi connectivity index (χ2n) is 8.54. The number of hydrogen-bond donors (Lipinski definition) is 3. The van der Waals surface area contributed by atoms with Crippen molar-refractivity contribution in [3.63, 3.8) is 0 Å². The molecule has 0 spiro atoms. The molecule has 0 radical (unpaired) electrons. The summed E-state index contributed by atoms with van der Waals surface area (Å²) < 4.78 is 5.79. The Morgan fingerprint density at radius 3 is 2.27 bits per heavy atom. The van der Waals surface area contributed by atoms with Crippen LogP contribution in [0.5, 0.6) is 0 Å². The molecule has 2 heterocycles. The highest BCUT2D eigenvalue weighted by Crippen LogP contribution is 2.29. The maximum absolute atomic E-state index is 12.9. The van der Waals surface area contributed by atoms with Gasteiger partial charge in [0, 0.05) is 30.1 Å². The van der Waals surface area contributed by atoms with Gasteiger partial charge in [0.2, 0.25) is 0 Å². The van der Waals surface area contributed by atoms with Crippen molar-refractivity contribution in [2.24, 2.45) is 0 Å². The zero-order chi connectivity index (χ0) is 29.5. The quantitative estimate of drug-likeness (QED) is 0.247. The van der Waals surface area contributed by atoms with Crippen LogP contribution in [0, 0.1) is 0 Å². The number of aromatic nitrogens is 3. The number of hydrogen-bond acceptors (Lipinski definition) is 7. The van der Waals surface area contributed by atoms with Crippen molar-refractivity contribution < 1.29 is 19.1 Å². The first-order valence-corrected chi connectivity index (χ1v) is 13.0. The number of rotatable bonds is 8. The lowest BCUT2D eigenvalue weighted by molar-refractivity contribution is -0.139. The molecule has 0 aliphatic rings. The SMILES string of the molecule is CCn1nc(-c2cccc(-c3cccc(C(=O)NCC(=O)OC)c3)c2)cc(NC(=O)Nc2c(Cl)cncc2Cl)c1=O. The van der Waals surface area contributed by atoms with E-state index >= 15 is 0 Å². The number of halogens is 2. The fraction of sp³-hybridized carbons (Fsp3) is 0.143. The molecule has 4 aromatic rings. The summed E-state index contributed by atoms with van der Waals surface area (Å²) in [6.45, 7) is 1.77. The summed E-state index contributed by atoms with van der Waals surface area (Å²) in [5.41, 5.74) is 2.61. The van der Waals surface area contributed by atoms with Gasteiger partial charge in [-0.05, 0) is 42.3 Å². The second-order valence-corrected chi connectivity index (χ2v) is 9.36. The molecule has 0 saturated heterocycles. The number of nitrogens with zero attached hydrogens (tertiary/aromatic N) is 3.